The molecule has 3 heterocycles. The van der Waals surface area contributed by atoms with Crippen LogP contribution in [0.1, 0.15) is 38.7 Å². The van der Waals surface area contributed by atoms with Crippen LogP contribution in [0.25, 0.3) is 5.69 Å². The van der Waals surface area contributed by atoms with Gasteiger partial charge in [0.05, 0.1) is 16.9 Å². The van der Waals surface area contributed by atoms with Crippen LogP contribution >= 0.6 is 11.6 Å². The van der Waals surface area contributed by atoms with E-state index in [1.807, 2.05) is 35.1 Å². The molecular formula is C24H36ClN5O. The minimum atomic E-state index is 0.254. The number of aromatic nitrogens is 2. The van der Waals surface area contributed by atoms with Crippen LogP contribution in [0.2, 0.25) is 5.02 Å². The third-order valence-corrected chi connectivity index (χ3v) is 7.23. The lowest BCUT2D eigenvalue weighted by molar-refractivity contribution is -0.0000321. The van der Waals surface area contributed by atoms with Crippen LogP contribution in [-0.4, -0.2) is 87.0 Å². The molecule has 2 fully saturated rings. The van der Waals surface area contributed by atoms with E-state index in [4.69, 9.17) is 11.6 Å². The molecule has 0 radical (unpaired) electrons. The van der Waals surface area contributed by atoms with E-state index < -0.39 is 0 Å². The zero-order valence-corrected chi connectivity index (χ0v) is 19.6. The lowest BCUT2D eigenvalue weighted by atomic mass is 9.97. The minimum Gasteiger partial charge on any atom is -0.396 e. The molecule has 0 bridgehead atoms. The van der Waals surface area contributed by atoms with E-state index >= 15 is 0 Å². The summed E-state index contributed by atoms with van der Waals surface area (Å²) in [7, 11) is 0. The van der Waals surface area contributed by atoms with Gasteiger partial charge in [0, 0.05) is 62.7 Å². The lowest BCUT2D eigenvalue weighted by Gasteiger charge is -2.48. The predicted octanol–water partition coefficient (Wildman–Crippen LogP) is 3.27. The van der Waals surface area contributed by atoms with Crippen molar-refractivity contribution in [3.63, 3.8) is 0 Å². The standard InChI is InChI=1S/C24H36ClN5O/c1-19(2)28-10-7-21(8-11-28)29-13-12-27(18-22(29)9-14-31)16-20-15-26-30(17-20)24-6-4-3-5-23(24)25/h3-6,15,17,19,21-22,31H,7-14,16,18H2,1-2H3/t22-/m0/s1. The van der Waals surface area contributed by atoms with Crippen molar-refractivity contribution >= 4 is 11.6 Å². The molecule has 1 atom stereocenters. The van der Waals surface area contributed by atoms with E-state index in [0.29, 0.717) is 23.1 Å². The number of piperazine rings is 1. The maximum atomic E-state index is 9.70. The van der Waals surface area contributed by atoms with Crippen LogP contribution in [0.4, 0.5) is 0 Å². The van der Waals surface area contributed by atoms with E-state index in [1.165, 1.54) is 31.5 Å². The Kier molecular flexibility index (Phi) is 7.67. The number of hydrogen-bond acceptors (Lipinski definition) is 5. The fraction of sp³-hybridized carbons (Fsp3) is 0.625. The molecule has 0 spiro atoms. The Morgan fingerprint density at radius 2 is 1.90 bits per heavy atom. The zero-order valence-electron chi connectivity index (χ0n) is 18.8. The molecule has 0 saturated carbocycles. The molecule has 2 aliphatic heterocycles. The Hall–Kier alpha value is -1.44. The average Bonchev–Trinajstić information content (AvgIpc) is 3.23. The van der Waals surface area contributed by atoms with Crippen LogP contribution in [0.3, 0.4) is 0 Å². The van der Waals surface area contributed by atoms with E-state index in [2.05, 4.69) is 39.8 Å². The first-order valence-electron chi connectivity index (χ1n) is 11.7. The van der Waals surface area contributed by atoms with Gasteiger partial charge >= 0.3 is 0 Å². The molecule has 1 aromatic heterocycles. The van der Waals surface area contributed by atoms with Gasteiger partial charge in [-0.3, -0.25) is 9.80 Å². The molecule has 1 aromatic carbocycles. The van der Waals surface area contributed by atoms with Gasteiger partial charge in [0.2, 0.25) is 0 Å². The Labute approximate surface area is 191 Å². The summed E-state index contributed by atoms with van der Waals surface area (Å²) in [6.07, 6.45) is 7.35. The van der Waals surface area contributed by atoms with Gasteiger partial charge in [0.25, 0.3) is 0 Å². The van der Waals surface area contributed by atoms with Gasteiger partial charge in [-0.05, 0) is 58.3 Å². The van der Waals surface area contributed by atoms with Crippen molar-refractivity contribution in [3.8, 4) is 5.69 Å². The summed E-state index contributed by atoms with van der Waals surface area (Å²) >= 11 is 6.33. The molecule has 170 valence electrons. The van der Waals surface area contributed by atoms with Gasteiger partial charge in [0.15, 0.2) is 0 Å². The average molecular weight is 446 g/mol. The van der Waals surface area contributed by atoms with Crippen molar-refractivity contribution < 1.29 is 5.11 Å². The Bertz CT molecular complexity index is 833. The molecule has 2 aliphatic rings. The number of benzene rings is 1. The Morgan fingerprint density at radius 1 is 1.13 bits per heavy atom. The van der Waals surface area contributed by atoms with Crippen LogP contribution in [-0.2, 0) is 6.54 Å². The molecule has 31 heavy (non-hydrogen) atoms. The molecule has 7 heteroatoms. The second-order valence-corrected chi connectivity index (χ2v) is 9.65. The molecular weight excluding hydrogens is 410 g/mol. The SMILES string of the molecule is CC(C)N1CCC(N2CCN(Cc3cnn(-c4ccccc4Cl)c3)C[C@@H]2CCO)CC1. The topological polar surface area (TPSA) is 47.8 Å². The van der Waals surface area contributed by atoms with E-state index in [0.717, 1.165) is 38.3 Å². The molecule has 6 nitrogen and oxygen atoms in total. The third-order valence-electron chi connectivity index (χ3n) is 6.91. The maximum absolute atomic E-state index is 9.70. The summed E-state index contributed by atoms with van der Waals surface area (Å²) in [5, 5.41) is 14.9. The number of likely N-dealkylation sites (tertiary alicyclic amines) is 1. The molecule has 0 aliphatic carbocycles. The second kappa shape index (κ2) is 10.5. The molecule has 2 aromatic rings. The predicted molar refractivity (Wildman–Crippen MR) is 126 cm³/mol. The van der Waals surface area contributed by atoms with Gasteiger partial charge in [-0.1, -0.05) is 23.7 Å². The molecule has 1 N–H and O–H groups in total. The number of piperidine rings is 1. The summed E-state index contributed by atoms with van der Waals surface area (Å²) < 4.78 is 1.86. The number of halogens is 1. The number of aliphatic hydroxyl groups is 1. The third kappa shape index (κ3) is 5.49. The van der Waals surface area contributed by atoms with Crippen LogP contribution in [0.15, 0.2) is 36.7 Å². The lowest BCUT2D eigenvalue weighted by Crippen LogP contribution is -2.58. The van der Waals surface area contributed by atoms with Crippen LogP contribution < -0.4 is 0 Å². The summed E-state index contributed by atoms with van der Waals surface area (Å²) in [5.74, 6) is 0. The summed E-state index contributed by atoms with van der Waals surface area (Å²) in [5.41, 5.74) is 2.10. The smallest absolute Gasteiger partial charge is 0.0831 e. The largest absolute Gasteiger partial charge is 0.396 e. The normalized spacial score (nSPS) is 22.4. The zero-order chi connectivity index (χ0) is 21.8. The van der Waals surface area contributed by atoms with Crippen molar-refractivity contribution in [1.82, 2.24) is 24.5 Å². The highest BCUT2D eigenvalue weighted by Crippen LogP contribution is 2.25. The highest BCUT2D eigenvalue weighted by Gasteiger charge is 2.33. The minimum absolute atomic E-state index is 0.254. The van der Waals surface area contributed by atoms with E-state index in [9.17, 15) is 5.11 Å². The van der Waals surface area contributed by atoms with Crippen LogP contribution in [0.5, 0.6) is 0 Å². The second-order valence-electron chi connectivity index (χ2n) is 9.24. The summed E-state index contributed by atoms with van der Waals surface area (Å²) in [6, 6.07) is 9.50. The van der Waals surface area contributed by atoms with Crippen molar-refractivity contribution in [1.29, 1.82) is 0 Å². The number of nitrogens with zero attached hydrogens (tertiary/aromatic N) is 5. The number of hydrogen-bond donors (Lipinski definition) is 1. The molecule has 0 unspecified atom stereocenters. The van der Waals surface area contributed by atoms with E-state index in [1.54, 1.807) is 0 Å². The van der Waals surface area contributed by atoms with Crippen LogP contribution in [0, 0.1) is 0 Å². The quantitative estimate of drug-likeness (QED) is 0.708. The first-order chi connectivity index (χ1) is 15.0. The van der Waals surface area contributed by atoms with Gasteiger partial charge in [-0.2, -0.15) is 5.10 Å². The van der Waals surface area contributed by atoms with Crippen molar-refractivity contribution in [2.24, 2.45) is 0 Å². The monoisotopic (exact) mass is 445 g/mol. The highest BCUT2D eigenvalue weighted by molar-refractivity contribution is 6.32. The fourth-order valence-electron chi connectivity index (χ4n) is 5.17. The number of aliphatic hydroxyl groups excluding tert-OH is 1. The van der Waals surface area contributed by atoms with Crippen molar-refractivity contribution in [2.45, 2.75) is 57.8 Å². The van der Waals surface area contributed by atoms with Crippen molar-refractivity contribution in [3.05, 3.63) is 47.2 Å². The summed E-state index contributed by atoms with van der Waals surface area (Å²) in [4.78, 5) is 7.79. The fourth-order valence-corrected chi connectivity index (χ4v) is 5.39. The highest BCUT2D eigenvalue weighted by atomic mass is 35.5. The Balaban J connectivity index is 1.36. The van der Waals surface area contributed by atoms with E-state index in [-0.39, 0.29) is 6.61 Å². The molecule has 4 rings (SSSR count). The van der Waals surface area contributed by atoms with Gasteiger partial charge in [0.1, 0.15) is 0 Å². The molecule has 0 amide bonds. The first-order valence-corrected chi connectivity index (χ1v) is 12.0. The van der Waals surface area contributed by atoms with Gasteiger partial charge in [-0.25, -0.2) is 4.68 Å². The molecule has 2 saturated heterocycles. The van der Waals surface area contributed by atoms with Gasteiger partial charge in [-0.15, -0.1) is 0 Å². The number of para-hydroxylation sites is 1. The maximum Gasteiger partial charge on any atom is 0.0831 e. The first kappa shape index (κ1) is 22.7. The number of rotatable bonds is 7. The Morgan fingerprint density at radius 3 is 2.61 bits per heavy atom. The summed E-state index contributed by atoms with van der Waals surface area (Å²) in [6.45, 7) is 11.2. The van der Waals surface area contributed by atoms with Crippen molar-refractivity contribution in [2.75, 3.05) is 39.3 Å². The van der Waals surface area contributed by atoms with Gasteiger partial charge < -0.3 is 10.0 Å².